The Morgan fingerprint density at radius 1 is 1.05 bits per heavy atom. The molecule has 0 spiro atoms. The van der Waals surface area contributed by atoms with E-state index in [0.717, 1.165) is 12.0 Å². The molecule has 0 saturated carbocycles. The Kier molecular flexibility index (Phi) is 10.0. The van der Waals surface area contributed by atoms with Crippen LogP contribution in [0.1, 0.15) is 63.9 Å². The number of hydrogen-bond acceptors (Lipinski definition) is 2. The quantitative estimate of drug-likeness (QED) is 0.452. The predicted molar refractivity (Wildman–Crippen MR) is 85.2 cm³/mol. The van der Waals surface area contributed by atoms with E-state index in [2.05, 4.69) is 13.8 Å². The fraction of sp³-hybridized carbons (Fsp3) is 0.600. The van der Waals surface area contributed by atoms with Crippen molar-refractivity contribution < 1.29 is 13.0 Å². The summed E-state index contributed by atoms with van der Waals surface area (Å²) in [6, 6.07) is 6.52. The van der Waals surface area contributed by atoms with E-state index in [1.54, 1.807) is 12.1 Å². The molecule has 5 heteroatoms. The Bertz CT molecular complexity index is 468. The number of benzene rings is 1. The second-order valence-electron chi connectivity index (χ2n) is 5.15. The average Bonchev–Trinajstić information content (AvgIpc) is 2.37. The van der Waals surface area contributed by atoms with Crippen LogP contribution < -0.4 is 0 Å². The molecule has 0 aliphatic heterocycles. The van der Waals surface area contributed by atoms with Crippen LogP contribution in [0.4, 0.5) is 0 Å². The molecule has 1 aromatic rings. The van der Waals surface area contributed by atoms with E-state index in [9.17, 15) is 8.42 Å². The van der Waals surface area contributed by atoms with Crippen LogP contribution in [0.15, 0.2) is 29.2 Å². The number of hydrogen-bond donors (Lipinski definition) is 1. The number of unbranched alkanes of at least 4 members (excludes halogenated alkanes) is 4. The maximum atomic E-state index is 10.9. The zero-order valence-corrected chi connectivity index (χ0v) is 12.6. The normalized spacial score (nSPS) is 12.8. The first kappa shape index (κ1) is 20.1. The van der Waals surface area contributed by atoms with Gasteiger partial charge in [0.05, 0.1) is 4.90 Å². The van der Waals surface area contributed by atoms with E-state index < -0.39 is 10.1 Å². The van der Waals surface area contributed by atoms with E-state index in [1.807, 2.05) is 0 Å². The molecule has 0 bridgehead atoms. The second-order valence-corrected chi connectivity index (χ2v) is 6.57. The van der Waals surface area contributed by atoms with E-state index in [0.29, 0.717) is 5.92 Å². The van der Waals surface area contributed by atoms with Gasteiger partial charge in [-0.3, -0.25) is 4.55 Å². The van der Waals surface area contributed by atoms with Crippen molar-refractivity contribution >= 4 is 39.7 Å². The summed E-state index contributed by atoms with van der Waals surface area (Å²) in [6.45, 7) is 4.36. The van der Waals surface area contributed by atoms with Gasteiger partial charge in [-0.2, -0.15) is 8.42 Å². The van der Waals surface area contributed by atoms with Gasteiger partial charge in [0.15, 0.2) is 0 Å². The van der Waals surface area contributed by atoms with Crippen LogP contribution in [0.25, 0.3) is 0 Å². The average molecular weight is 308 g/mol. The van der Waals surface area contributed by atoms with Crippen LogP contribution >= 0.6 is 0 Å². The molecule has 1 unspecified atom stereocenters. The molecule has 0 heterocycles. The first-order valence-electron chi connectivity index (χ1n) is 7.02. The van der Waals surface area contributed by atoms with Crippen LogP contribution in [-0.4, -0.2) is 42.5 Å². The summed E-state index contributed by atoms with van der Waals surface area (Å²) in [4.78, 5) is -0.0357. The third-order valence-corrected chi connectivity index (χ3v) is 4.36. The van der Waals surface area contributed by atoms with Crippen molar-refractivity contribution in [3.05, 3.63) is 29.8 Å². The summed E-state index contributed by atoms with van der Waals surface area (Å²) in [5, 5.41) is 0. The molecular formula is C15H25NaO3S. The van der Waals surface area contributed by atoms with Gasteiger partial charge in [-0.15, -0.1) is 0 Å². The molecule has 1 rings (SSSR count). The van der Waals surface area contributed by atoms with Crippen LogP contribution in [0, 0.1) is 0 Å². The molecule has 0 aliphatic carbocycles. The zero-order chi connectivity index (χ0) is 14.3. The monoisotopic (exact) mass is 308 g/mol. The summed E-state index contributed by atoms with van der Waals surface area (Å²) < 4.78 is 30.8. The Balaban J connectivity index is 0.00000361. The van der Waals surface area contributed by atoms with Crippen molar-refractivity contribution in [1.82, 2.24) is 0 Å². The van der Waals surface area contributed by atoms with Gasteiger partial charge in [0, 0.05) is 0 Å². The van der Waals surface area contributed by atoms with Crippen molar-refractivity contribution in [3.8, 4) is 0 Å². The van der Waals surface area contributed by atoms with Crippen molar-refractivity contribution in [3.63, 3.8) is 0 Å². The molecule has 110 valence electrons. The van der Waals surface area contributed by atoms with Gasteiger partial charge in [0.1, 0.15) is 0 Å². The molecule has 0 fully saturated rings. The third-order valence-electron chi connectivity index (χ3n) is 3.49. The summed E-state index contributed by atoms with van der Waals surface area (Å²) in [5.41, 5.74) is 1.13. The predicted octanol–water partition coefficient (Wildman–Crippen LogP) is 3.75. The minimum absolute atomic E-state index is 0. The molecule has 0 aliphatic rings. The first-order valence-corrected chi connectivity index (χ1v) is 8.46. The maximum absolute atomic E-state index is 10.9. The summed E-state index contributed by atoms with van der Waals surface area (Å²) in [6.07, 6.45) is 7.45. The Labute approximate surface area is 145 Å². The molecule has 0 radical (unpaired) electrons. The SMILES string of the molecule is CCCCCCCC(C)c1ccc(S(=O)(=O)O)cc1.[NaH]. The summed E-state index contributed by atoms with van der Waals surface area (Å²) in [7, 11) is -4.07. The summed E-state index contributed by atoms with van der Waals surface area (Å²) in [5.74, 6) is 0.428. The van der Waals surface area contributed by atoms with E-state index in [1.165, 1.54) is 44.2 Å². The molecule has 1 aromatic carbocycles. The fourth-order valence-electron chi connectivity index (χ4n) is 2.19. The van der Waals surface area contributed by atoms with Gasteiger partial charge >= 0.3 is 29.6 Å². The van der Waals surface area contributed by atoms with Crippen molar-refractivity contribution in [1.29, 1.82) is 0 Å². The van der Waals surface area contributed by atoms with Crippen LogP contribution in [0.5, 0.6) is 0 Å². The Morgan fingerprint density at radius 2 is 1.60 bits per heavy atom. The van der Waals surface area contributed by atoms with Crippen LogP contribution in [0.2, 0.25) is 0 Å². The van der Waals surface area contributed by atoms with Gasteiger partial charge in [-0.05, 0) is 30.0 Å². The van der Waals surface area contributed by atoms with Gasteiger partial charge in [0.25, 0.3) is 10.1 Å². The Morgan fingerprint density at radius 3 is 2.10 bits per heavy atom. The van der Waals surface area contributed by atoms with Crippen molar-refractivity contribution in [2.45, 2.75) is 63.2 Å². The Hall–Kier alpha value is 0.130. The number of rotatable bonds is 8. The molecule has 1 atom stereocenters. The van der Waals surface area contributed by atoms with Gasteiger partial charge in [0.2, 0.25) is 0 Å². The molecule has 0 saturated heterocycles. The topological polar surface area (TPSA) is 54.4 Å². The summed E-state index contributed by atoms with van der Waals surface area (Å²) >= 11 is 0. The van der Waals surface area contributed by atoms with Crippen molar-refractivity contribution in [2.24, 2.45) is 0 Å². The van der Waals surface area contributed by atoms with Crippen LogP contribution in [-0.2, 0) is 10.1 Å². The zero-order valence-electron chi connectivity index (χ0n) is 11.8. The van der Waals surface area contributed by atoms with E-state index in [-0.39, 0.29) is 34.5 Å². The standard InChI is InChI=1S/C15H24O3S.Na.H/c1-3-4-5-6-7-8-13(2)14-9-11-15(12-10-14)19(16,17)18;;/h9-13H,3-8H2,1-2H3,(H,16,17,18);;. The molecule has 0 aromatic heterocycles. The van der Waals surface area contributed by atoms with Crippen molar-refractivity contribution in [2.75, 3.05) is 0 Å². The minimum atomic E-state index is -4.07. The second kappa shape index (κ2) is 9.96. The molecule has 20 heavy (non-hydrogen) atoms. The molecule has 1 N–H and O–H groups in total. The molecular weight excluding hydrogens is 283 g/mol. The third kappa shape index (κ3) is 7.23. The first-order chi connectivity index (χ1) is 8.95. The van der Waals surface area contributed by atoms with Crippen LogP contribution in [0.3, 0.4) is 0 Å². The van der Waals surface area contributed by atoms with Gasteiger partial charge in [-0.1, -0.05) is 58.1 Å². The van der Waals surface area contributed by atoms with E-state index in [4.69, 9.17) is 4.55 Å². The fourth-order valence-corrected chi connectivity index (χ4v) is 2.67. The molecule has 3 nitrogen and oxygen atoms in total. The van der Waals surface area contributed by atoms with E-state index >= 15 is 0 Å². The van der Waals surface area contributed by atoms with Gasteiger partial charge in [-0.25, -0.2) is 0 Å². The molecule has 0 amide bonds. The van der Waals surface area contributed by atoms with Gasteiger partial charge < -0.3 is 0 Å².